The number of nitrogens with zero attached hydrogens (tertiary/aromatic N) is 1. The van der Waals surface area contributed by atoms with Crippen molar-refractivity contribution in [2.45, 2.75) is 6.92 Å². The highest BCUT2D eigenvalue weighted by atomic mass is 127. The van der Waals surface area contributed by atoms with Gasteiger partial charge in [-0.3, -0.25) is 0 Å². The lowest BCUT2D eigenvalue weighted by Crippen LogP contribution is -2.00. The van der Waals surface area contributed by atoms with Gasteiger partial charge in [0.1, 0.15) is 0 Å². The molecule has 88 valence electrons. The molecule has 2 rings (SSSR count). The van der Waals surface area contributed by atoms with Gasteiger partial charge in [-0.15, -0.1) is 0 Å². The summed E-state index contributed by atoms with van der Waals surface area (Å²) in [5.74, 6) is 0.625. The first-order valence-corrected chi connectivity index (χ1v) is 6.46. The molecular formula is C12H11ClIN3. The number of pyridine rings is 1. The van der Waals surface area contributed by atoms with E-state index in [-0.39, 0.29) is 0 Å². The molecule has 0 aliphatic rings. The predicted octanol–water partition coefficient (Wildman–Crippen LogP) is 3.97. The van der Waals surface area contributed by atoms with Crippen LogP contribution in [0.2, 0.25) is 5.02 Å². The maximum absolute atomic E-state index is 6.10. The molecule has 1 aromatic heterocycles. The minimum atomic E-state index is 0.611. The second-order valence-electron chi connectivity index (χ2n) is 3.70. The van der Waals surface area contributed by atoms with Gasteiger partial charge in [-0.05, 0) is 59.3 Å². The number of hydrogen-bond acceptors (Lipinski definition) is 3. The summed E-state index contributed by atoms with van der Waals surface area (Å²) in [6.45, 7) is 1.95. The van der Waals surface area contributed by atoms with Gasteiger partial charge < -0.3 is 11.1 Å². The normalized spacial score (nSPS) is 10.3. The average Bonchev–Trinajstić information content (AvgIpc) is 2.27. The van der Waals surface area contributed by atoms with E-state index in [1.165, 1.54) is 0 Å². The van der Waals surface area contributed by atoms with E-state index in [2.05, 4.69) is 32.9 Å². The number of halogens is 2. The topological polar surface area (TPSA) is 50.9 Å². The molecule has 0 atom stereocenters. The lowest BCUT2D eigenvalue weighted by Gasteiger charge is -2.10. The Hall–Kier alpha value is -1.01. The van der Waals surface area contributed by atoms with Gasteiger partial charge in [0, 0.05) is 9.77 Å². The molecule has 0 fully saturated rings. The van der Waals surface area contributed by atoms with Crippen LogP contribution in [0.3, 0.4) is 0 Å². The van der Waals surface area contributed by atoms with Crippen LogP contribution in [0.15, 0.2) is 30.5 Å². The Morgan fingerprint density at radius 3 is 2.82 bits per heavy atom. The van der Waals surface area contributed by atoms with Crippen molar-refractivity contribution < 1.29 is 0 Å². The zero-order valence-electron chi connectivity index (χ0n) is 9.17. The van der Waals surface area contributed by atoms with Gasteiger partial charge in [0.15, 0.2) is 5.82 Å². The van der Waals surface area contributed by atoms with Crippen LogP contribution >= 0.6 is 34.2 Å². The Kier molecular flexibility index (Phi) is 3.73. The lowest BCUT2D eigenvalue weighted by molar-refractivity contribution is 1.26. The molecule has 0 amide bonds. The molecule has 0 unspecified atom stereocenters. The van der Waals surface area contributed by atoms with E-state index in [9.17, 15) is 0 Å². The number of nitrogen functional groups attached to an aromatic ring is 1. The van der Waals surface area contributed by atoms with Gasteiger partial charge in [-0.2, -0.15) is 0 Å². The van der Waals surface area contributed by atoms with Crippen LogP contribution < -0.4 is 11.1 Å². The number of rotatable bonds is 2. The molecule has 2 aromatic rings. The van der Waals surface area contributed by atoms with Crippen molar-refractivity contribution in [3.05, 3.63) is 44.6 Å². The first-order valence-electron chi connectivity index (χ1n) is 5.00. The van der Waals surface area contributed by atoms with E-state index in [1.807, 2.05) is 31.2 Å². The Labute approximate surface area is 119 Å². The van der Waals surface area contributed by atoms with Crippen molar-refractivity contribution in [1.82, 2.24) is 4.98 Å². The molecule has 0 bridgehead atoms. The summed E-state index contributed by atoms with van der Waals surface area (Å²) >= 11 is 8.32. The SMILES string of the molecule is Cc1cnc(Nc2cc(I)ccc2Cl)c(N)c1. The second-order valence-corrected chi connectivity index (χ2v) is 5.35. The van der Waals surface area contributed by atoms with Crippen LogP contribution in [-0.4, -0.2) is 4.98 Å². The Morgan fingerprint density at radius 1 is 1.35 bits per heavy atom. The van der Waals surface area contributed by atoms with E-state index in [4.69, 9.17) is 17.3 Å². The first kappa shape index (κ1) is 12.4. The molecule has 0 aliphatic heterocycles. The van der Waals surface area contributed by atoms with Gasteiger partial charge in [0.2, 0.25) is 0 Å². The molecule has 3 nitrogen and oxygen atoms in total. The number of aryl methyl sites for hydroxylation is 1. The maximum Gasteiger partial charge on any atom is 0.153 e. The highest BCUT2D eigenvalue weighted by Gasteiger charge is 2.05. The van der Waals surface area contributed by atoms with Crippen LogP contribution in [0, 0.1) is 10.5 Å². The summed E-state index contributed by atoms with van der Waals surface area (Å²) in [7, 11) is 0. The Bertz CT molecular complexity index is 557. The fraction of sp³-hybridized carbons (Fsp3) is 0.0833. The van der Waals surface area contributed by atoms with Crippen molar-refractivity contribution in [2.24, 2.45) is 0 Å². The third-order valence-electron chi connectivity index (χ3n) is 2.24. The molecule has 0 radical (unpaired) electrons. The highest BCUT2D eigenvalue weighted by Crippen LogP contribution is 2.28. The fourth-order valence-electron chi connectivity index (χ4n) is 1.42. The van der Waals surface area contributed by atoms with Crippen LogP contribution in [-0.2, 0) is 0 Å². The maximum atomic E-state index is 6.10. The molecule has 17 heavy (non-hydrogen) atoms. The Morgan fingerprint density at radius 2 is 2.12 bits per heavy atom. The number of benzene rings is 1. The van der Waals surface area contributed by atoms with Crippen LogP contribution in [0.5, 0.6) is 0 Å². The molecule has 0 spiro atoms. The molecule has 0 aliphatic carbocycles. The van der Waals surface area contributed by atoms with E-state index < -0.39 is 0 Å². The van der Waals surface area contributed by atoms with Crippen LogP contribution in [0.1, 0.15) is 5.56 Å². The van der Waals surface area contributed by atoms with Crippen molar-refractivity contribution >= 4 is 51.4 Å². The van der Waals surface area contributed by atoms with Gasteiger partial charge in [0.05, 0.1) is 16.4 Å². The summed E-state index contributed by atoms with van der Waals surface area (Å²) in [6, 6.07) is 7.61. The number of aromatic nitrogens is 1. The van der Waals surface area contributed by atoms with E-state index >= 15 is 0 Å². The average molecular weight is 360 g/mol. The molecule has 0 saturated heterocycles. The van der Waals surface area contributed by atoms with Crippen molar-refractivity contribution in [3.63, 3.8) is 0 Å². The minimum absolute atomic E-state index is 0.611. The van der Waals surface area contributed by atoms with Crippen molar-refractivity contribution in [2.75, 3.05) is 11.1 Å². The van der Waals surface area contributed by atoms with Crippen LogP contribution in [0.4, 0.5) is 17.2 Å². The third-order valence-corrected chi connectivity index (χ3v) is 3.24. The fourth-order valence-corrected chi connectivity index (χ4v) is 2.07. The molecular weight excluding hydrogens is 349 g/mol. The van der Waals surface area contributed by atoms with E-state index in [1.54, 1.807) is 6.20 Å². The summed E-state index contributed by atoms with van der Waals surface area (Å²) in [5.41, 5.74) is 8.33. The number of hydrogen-bond donors (Lipinski definition) is 2. The first-order chi connectivity index (χ1) is 8.06. The standard InChI is InChI=1S/C12H11ClIN3/c1-7-4-10(15)12(16-6-7)17-11-5-8(14)2-3-9(11)13/h2-6H,15H2,1H3,(H,16,17). The highest BCUT2D eigenvalue weighted by molar-refractivity contribution is 14.1. The van der Waals surface area contributed by atoms with Crippen LogP contribution in [0.25, 0.3) is 0 Å². The van der Waals surface area contributed by atoms with E-state index in [0.29, 0.717) is 16.5 Å². The van der Waals surface area contributed by atoms with Gasteiger partial charge in [-0.1, -0.05) is 11.6 Å². The quantitative estimate of drug-likeness (QED) is 0.798. The molecule has 3 N–H and O–H groups in total. The molecule has 0 saturated carbocycles. The largest absolute Gasteiger partial charge is 0.396 e. The number of nitrogens with one attached hydrogen (secondary N) is 1. The number of anilines is 3. The van der Waals surface area contributed by atoms with Crippen molar-refractivity contribution in [3.8, 4) is 0 Å². The smallest absolute Gasteiger partial charge is 0.153 e. The second kappa shape index (κ2) is 5.10. The monoisotopic (exact) mass is 359 g/mol. The third kappa shape index (κ3) is 3.01. The summed E-state index contributed by atoms with van der Waals surface area (Å²) in [6.07, 6.45) is 1.76. The summed E-state index contributed by atoms with van der Waals surface area (Å²) in [5, 5.41) is 3.78. The summed E-state index contributed by atoms with van der Waals surface area (Å²) < 4.78 is 1.10. The molecule has 1 heterocycles. The predicted molar refractivity (Wildman–Crippen MR) is 80.8 cm³/mol. The molecule has 5 heteroatoms. The summed E-state index contributed by atoms with van der Waals surface area (Å²) in [4.78, 5) is 4.25. The van der Waals surface area contributed by atoms with Gasteiger partial charge in [0.25, 0.3) is 0 Å². The van der Waals surface area contributed by atoms with Crippen molar-refractivity contribution in [1.29, 1.82) is 0 Å². The zero-order chi connectivity index (χ0) is 12.4. The lowest BCUT2D eigenvalue weighted by atomic mass is 10.2. The minimum Gasteiger partial charge on any atom is -0.396 e. The zero-order valence-corrected chi connectivity index (χ0v) is 12.1. The molecule has 1 aromatic carbocycles. The Balaban J connectivity index is 2.34. The van der Waals surface area contributed by atoms with E-state index in [0.717, 1.165) is 14.8 Å². The van der Waals surface area contributed by atoms with Gasteiger partial charge >= 0.3 is 0 Å². The number of nitrogens with two attached hydrogens (primary N) is 1. The van der Waals surface area contributed by atoms with Gasteiger partial charge in [-0.25, -0.2) is 4.98 Å².